The molecule has 1 saturated heterocycles. The van der Waals surface area contributed by atoms with Gasteiger partial charge in [-0.05, 0) is 22.6 Å². The van der Waals surface area contributed by atoms with Gasteiger partial charge in [0.25, 0.3) is 5.91 Å². The summed E-state index contributed by atoms with van der Waals surface area (Å²) in [6.45, 7) is 0. The summed E-state index contributed by atoms with van der Waals surface area (Å²) in [6.07, 6.45) is 0.801. The highest BCUT2D eigenvalue weighted by Gasteiger charge is 2.57. The highest BCUT2D eigenvalue weighted by molar-refractivity contribution is 7.86. The highest BCUT2D eigenvalue weighted by atomic mass is 32.2. The molecule has 2 N–H and O–H groups in total. The zero-order valence-corrected chi connectivity index (χ0v) is 22.6. The van der Waals surface area contributed by atoms with Crippen LogP contribution in [0.2, 0.25) is 0 Å². The predicted molar refractivity (Wildman–Crippen MR) is 149 cm³/mol. The van der Waals surface area contributed by atoms with Gasteiger partial charge in [-0.15, -0.1) is 11.3 Å². The second-order valence-electron chi connectivity index (χ2n) is 8.91. The predicted octanol–water partition coefficient (Wildman–Crippen LogP) is 2.02. The zero-order chi connectivity index (χ0) is 28.1. The van der Waals surface area contributed by atoms with E-state index in [1.54, 1.807) is 0 Å². The maximum Gasteiger partial charge on any atom is 0.356 e. The van der Waals surface area contributed by atoms with Crippen LogP contribution < -0.4 is 10.7 Å². The molecular formula is C28H24N4O6S2. The van der Waals surface area contributed by atoms with Crippen molar-refractivity contribution < 1.29 is 28.1 Å². The molecule has 2 unspecified atom stereocenters. The third kappa shape index (κ3) is 5.63. The number of thiophene rings is 1. The van der Waals surface area contributed by atoms with E-state index in [-0.39, 0.29) is 29.4 Å². The van der Waals surface area contributed by atoms with Crippen LogP contribution in [-0.4, -0.2) is 56.7 Å². The molecule has 204 valence electrons. The standard InChI is InChI=1S/C28H24N4O6S2/c33-17-30-29-15-20-16-40(37)27-23(31-22(34)14-21-12-7-13-39-21)26(35)32(27)24(20)28(36)38-25(18-8-3-1-4-9-18)19-10-5-2-6-11-19/h1-13,15,17,23,25,27H,14,16H2,(H,30,33)(H,31,34)/b29-15+/t23?,27-,40?/m1/s1. The van der Waals surface area contributed by atoms with Crippen LogP contribution in [0, 0.1) is 0 Å². The number of hydrogen-bond acceptors (Lipinski definition) is 8. The number of ether oxygens (including phenoxy) is 1. The van der Waals surface area contributed by atoms with Crippen molar-refractivity contribution in [2.45, 2.75) is 23.9 Å². The summed E-state index contributed by atoms with van der Waals surface area (Å²) in [6, 6.07) is 20.8. The lowest BCUT2D eigenvalue weighted by molar-refractivity contribution is -0.154. The van der Waals surface area contributed by atoms with Gasteiger partial charge in [0.1, 0.15) is 17.1 Å². The first kappa shape index (κ1) is 27.2. The van der Waals surface area contributed by atoms with Gasteiger partial charge in [0.05, 0.1) is 29.2 Å². The lowest BCUT2D eigenvalue weighted by atomic mass is 10.0. The summed E-state index contributed by atoms with van der Waals surface area (Å²) in [7, 11) is -1.67. The maximum absolute atomic E-state index is 13.8. The minimum atomic E-state index is -1.67. The fourth-order valence-electron chi connectivity index (χ4n) is 4.58. The number of amides is 3. The van der Waals surface area contributed by atoms with Crippen molar-refractivity contribution in [3.63, 3.8) is 0 Å². The van der Waals surface area contributed by atoms with Gasteiger partial charge >= 0.3 is 5.97 Å². The molecule has 0 bridgehead atoms. The zero-order valence-electron chi connectivity index (χ0n) is 21.0. The maximum atomic E-state index is 13.8. The van der Waals surface area contributed by atoms with E-state index in [1.807, 2.05) is 78.2 Å². The van der Waals surface area contributed by atoms with Crippen LogP contribution >= 0.6 is 11.3 Å². The van der Waals surface area contributed by atoms with Crippen molar-refractivity contribution >= 4 is 52.5 Å². The molecule has 0 spiro atoms. The van der Waals surface area contributed by atoms with Gasteiger partial charge in [-0.25, -0.2) is 10.2 Å². The van der Waals surface area contributed by atoms with E-state index in [2.05, 4.69) is 15.8 Å². The summed E-state index contributed by atoms with van der Waals surface area (Å²) in [5.74, 6) is -1.94. The summed E-state index contributed by atoms with van der Waals surface area (Å²) in [5, 5.41) is 7.31. The smallest absolute Gasteiger partial charge is 0.356 e. The Bertz CT molecular complexity index is 1450. The Morgan fingerprint density at radius 3 is 2.35 bits per heavy atom. The number of hydrazone groups is 1. The Morgan fingerprint density at radius 1 is 1.07 bits per heavy atom. The fraction of sp³-hybridized carbons (Fsp3) is 0.179. The number of esters is 1. The lowest BCUT2D eigenvalue weighted by Gasteiger charge is -2.49. The monoisotopic (exact) mass is 576 g/mol. The summed E-state index contributed by atoms with van der Waals surface area (Å²) < 4.78 is 19.2. The largest absolute Gasteiger partial charge is 0.448 e. The molecule has 1 aromatic heterocycles. The van der Waals surface area contributed by atoms with Crippen LogP contribution in [0.3, 0.4) is 0 Å². The molecule has 0 radical (unpaired) electrons. The van der Waals surface area contributed by atoms with Crippen LogP contribution in [-0.2, 0) is 41.1 Å². The van der Waals surface area contributed by atoms with Crippen LogP contribution in [0.25, 0.3) is 0 Å². The third-order valence-electron chi connectivity index (χ3n) is 6.36. The van der Waals surface area contributed by atoms with Gasteiger partial charge in [0, 0.05) is 10.5 Å². The number of carbonyl (C=O) groups excluding carboxylic acids is 4. The van der Waals surface area contributed by atoms with E-state index in [9.17, 15) is 23.4 Å². The quantitative estimate of drug-likeness (QED) is 0.125. The minimum Gasteiger partial charge on any atom is -0.448 e. The Balaban J connectivity index is 1.44. The van der Waals surface area contributed by atoms with Gasteiger partial charge in [-0.3, -0.25) is 23.5 Å². The number of β-lactam (4-membered cyclic amide) rings is 1. The summed E-state index contributed by atoms with van der Waals surface area (Å²) in [5.41, 5.74) is 3.57. The molecule has 2 aromatic carbocycles. The summed E-state index contributed by atoms with van der Waals surface area (Å²) >= 11 is 1.41. The van der Waals surface area contributed by atoms with Crippen LogP contribution in [0.5, 0.6) is 0 Å². The van der Waals surface area contributed by atoms with E-state index in [0.717, 1.165) is 9.78 Å². The van der Waals surface area contributed by atoms with Crippen LogP contribution in [0.1, 0.15) is 22.1 Å². The Kier molecular flexibility index (Phi) is 8.27. The number of nitrogens with zero attached hydrogens (tertiary/aromatic N) is 2. The van der Waals surface area contributed by atoms with Gasteiger partial charge in [0.2, 0.25) is 12.3 Å². The van der Waals surface area contributed by atoms with E-state index >= 15 is 0 Å². The molecular weight excluding hydrogens is 552 g/mol. The number of benzene rings is 2. The van der Waals surface area contributed by atoms with E-state index in [4.69, 9.17) is 4.74 Å². The number of fused-ring (bicyclic) bond motifs is 1. The molecule has 3 heterocycles. The van der Waals surface area contributed by atoms with Gasteiger partial charge in [0.15, 0.2) is 6.10 Å². The van der Waals surface area contributed by atoms with E-state index < -0.39 is 40.2 Å². The topological polar surface area (TPSA) is 134 Å². The number of rotatable bonds is 10. The molecule has 0 aliphatic carbocycles. The van der Waals surface area contributed by atoms with Crippen molar-refractivity contribution in [1.29, 1.82) is 0 Å². The molecule has 12 heteroatoms. The highest BCUT2D eigenvalue weighted by Crippen LogP contribution is 2.37. The molecule has 3 atom stereocenters. The van der Waals surface area contributed by atoms with Gasteiger partial charge in [-0.2, -0.15) is 5.10 Å². The lowest BCUT2D eigenvalue weighted by Crippen LogP contribution is -2.73. The Labute approximate surface area is 236 Å². The van der Waals surface area contributed by atoms with Crippen LogP contribution in [0.4, 0.5) is 0 Å². The Hall–Kier alpha value is -4.42. The van der Waals surface area contributed by atoms with E-state index in [0.29, 0.717) is 17.5 Å². The molecule has 1 fully saturated rings. The molecule has 3 aromatic rings. The Morgan fingerprint density at radius 2 is 1.75 bits per heavy atom. The number of hydrogen-bond donors (Lipinski definition) is 2. The molecule has 0 saturated carbocycles. The molecule has 40 heavy (non-hydrogen) atoms. The van der Waals surface area contributed by atoms with Gasteiger partial charge < -0.3 is 10.1 Å². The first-order chi connectivity index (χ1) is 19.5. The van der Waals surface area contributed by atoms with Crippen molar-refractivity contribution in [2.24, 2.45) is 5.10 Å². The van der Waals surface area contributed by atoms with E-state index in [1.165, 1.54) is 17.6 Å². The summed E-state index contributed by atoms with van der Waals surface area (Å²) in [4.78, 5) is 52.4. The fourth-order valence-corrected chi connectivity index (χ4v) is 6.91. The first-order valence-electron chi connectivity index (χ1n) is 12.3. The van der Waals surface area contributed by atoms with Crippen molar-refractivity contribution in [2.75, 3.05) is 5.75 Å². The second kappa shape index (κ2) is 12.2. The first-order valence-corrected chi connectivity index (χ1v) is 14.5. The SMILES string of the molecule is O=CN/N=C/C1=C(C(=O)OC(c2ccccc2)c2ccccc2)N2C(=O)C(NC(=O)Cc3cccs3)[C@H]2S(=O)C1. The molecule has 2 aliphatic heterocycles. The van der Waals surface area contributed by atoms with Gasteiger partial charge in [-0.1, -0.05) is 66.7 Å². The van der Waals surface area contributed by atoms with Crippen LogP contribution in [0.15, 0.2) is 94.5 Å². The third-order valence-corrected chi connectivity index (χ3v) is 8.85. The normalized spacial score (nSPS) is 20.2. The average molecular weight is 577 g/mol. The number of nitrogens with one attached hydrogen (secondary N) is 2. The molecule has 3 amide bonds. The second-order valence-corrected chi connectivity index (χ2v) is 11.5. The molecule has 2 aliphatic rings. The van der Waals surface area contributed by atoms with Crippen molar-refractivity contribution in [3.05, 3.63) is 105 Å². The molecule has 5 rings (SSSR count). The van der Waals surface area contributed by atoms with Crippen molar-refractivity contribution in [3.8, 4) is 0 Å². The minimum absolute atomic E-state index is 0.0800. The van der Waals surface area contributed by atoms with Crippen molar-refractivity contribution in [1.82, 2.24) is 15.6 Å². The average Bonchev–Trinajstić information content (AvgIpc) is 3.48. The number of carbonyl (C=O) groups is 4. The molecule has 10 nitrogen and oxygen atoms in total.